The fourth-order valence-corrected chi connectivity index (χ4v) is 1.76. The van der Waals surface area contributed by atoms with Gasteiger partial charge in [0, 0.05) is 11.1 Å². The van der Waals surface area contributed by atoms with E-state index in [-0.39, 0.29) is 25.9 Å². The number of ether oxygens (including phenoxy) is 3. The van der Waals surface area contributed by atoms with E-state index in [0.29, 0.717) is 11.1 Å². The molecule has 0 aromatic rings. The minimum atomic E-state index is -0.432. The summed E-state index contributed by atoms with van der Waals surface area (Å²) in [5, 5.41) is 0. The number of esters is 2. The summed E-state index contributed by atoms with van der Waals surface area (Å²) in [6.45, 7) is 13.1. The van der Waals surface area contributed by atoms with E-state index in [1.165, 1.54) is 6.42 Å². The molecule has 23 heavy (non-hydrogen) atoms. The van der Waals surface area contributed by atoms with E-state index in [2.05, 4.69) is 20.1 Å². The van der Waals surface area contributed by atoms with Crippen molar-refractivity contribution < 1.29 is 23.8 Å². The average Bonchev–Trinajstić information content (AvgIpc) is 2.50. The summed E-state index contributed by atoms with van der Waals surface area (Å²) in [7, 11) is 0. The molecule has 0 spiro atoms. The van der Waals surface area contributed by atoms with E-state index in [9.17, 15) is 9.59 Å². The zero-order valence-corrected chi connectivity index (χ0v) is 14.7. The van der Waals surface area contributed by atoms with Crippen LogP contribution in [0.5, 0.6) is 0 Å². The van der Waals surface area contributed by atoms with Crippen LogP contribution in [0.25, 0.3) is 0 Å². The lowest BCUT2D eigenvalue weighted by Gasteiger charge is -2.18. The Kier molecular flexibility index (Phi) is 12.0. The van der Waals surface area contributed by atoms with Gasteiger partial charge >= 0.3 is 11.9 Å². The maximum Gasteiger partial charge on any atom is 0.333 e. The lowest BCUT2D eigenvalue weighted by molar-refractivity contribution is -0.148. The highest BCUT2D eigenvalue weighted by atomic mass is 16.6. The second-order valence-electron chi connectivity index (χ2n) is 5.65. The van der Waals surface area contributed by atoms with Gasteiger partial charge in [-0.2, -0.15) is 0 Å². The Balaban J connectivity index is 4.08. The molecule has 0 rings (SSSR count). The van der Waals surface area contributed by atoms with Crippen molar-refractivity contribution in [1.29, 1.82) is 0 Å². The van der Waals surface area contributed by atoms with Gasteiger partial charge in [-0.3, -0.25) is 0 Å². The predicted molar refractivity (Wildman–Crippen MR) is 90.0 cm³/mol. The summed E-state index contributed by atoms with van der Waals surface area (Å²) in [6, 6.07) is 0. The molecule has 0 aliphatic carbocycles. The Morgan fingerprint density at radius 3 is 2.17 bits per heavy atom. The van der Waals surface area contributed by atoms with Crippen molar-refractivity contribution >= 4 is 11.9 Å². The van der Waals surface area contributed by atoms with Crippen LogP contribution in [-0.2, 0) is 23.8 Å². The lowest BCUT2D eigenvalue weighted by Crippen LogP contribution is -2.25. The Hall–Kier alpha value is -1.62. The molecule has 0 radical (unpaired) electrons. The van der Waals surface area contributed by atoms with Gasteiger partial charge in [0.25, 0.3) is 0 Å². The molecule has 0 aliphatic heterocycles. The molecular formula is C18H30O5. The fourth-order valence-electron chi connectivity index (χ4n) is 1.76. The van der Waals surface area contributed by atoms with Gasteiger partial charge in [0.05, 0.1) is 13.2 Å². The molecule has 5 heteroatoms. The number of rotatable bonds is 13. The zero-order valence-electron chi connectivity index (χ0n) is 14.7. The van der Waals surface area contributed by atoms with Crippen LogP contribution in [0.4, 0.5) is 0 Å². The second kappa shape index (κ2) is 12.9. The maximum absolute atomic E-state index is 11.6. The Bertz CT molecular complexity index is 400. The van der Waals surface area contributed by atoms with Gasteiger partial charge < -0.3 is 14.2 Å². The van der Waals surface area contributed by atoms with Crippen LogP contribution >= 0.6 is 0 Å². The standard InChI is InChI=1S/C18H30O5/c1-6-7-8-9-10-16(23-18(20)15(4)5)13-21-11-12-22-17(19)14(2)3/h16H,2,4,6-13H2,1,3,5H3. The molecule has 0 aromatic heterocycles. The molecule has 0 aliphatic rings. The number of carbonyl (C=O) groups excluding carboxylic acids is 2. The highest BCUT2D eigenvalue weighted by Gasteiger charge is 2.15. The van der Waals surface area contributed by atoms with E-state index in [1.807, 2.05) is 0 Å². The SMILES string of the molecule is C=C(C)C(=O)OCCOCC(CCCCCC)OC(=O)C(=C)C. The third-order valence-electron chi connectivity index (χ3n) is 3.11. The Labute approximate surface area is 139 Å². The first-order valence-electron chi connectivity index (χ1n) is 8.15. The Morgan fingerprint density at radius 2 is 1.61 bits per heavy atom. The maximum atomic E-state index is 11.6. The van der Waals surface area contributed by atoms with Crippen LogP contribution in [0, 0.1) is 0 Å². The molecule has 0 fully saturated rings. The Morgan fingerprint density at radius 1 is 0.957 bits per heavy atom. The third kappa shape index (κ3) is 11.6. The molecular weight excluding hydrogens is 296 g/mol. The van der Waals surface area contributed by atoms with Crippen LogP contribution in [-0.4, -0.2) is 37.9 Å². The molecule has 132 valence electrons. The van der Waals surface area contributed by atoms with Gasteiger partial charge in [-0.05, 0) is 26.7 Å². The monoisotopic (exact) mass is 326 g/mol. The van der Waals surface area contributed by atoms with Crippen molar-refractivity contribution in [2.45, 2.75) is 59.0 Å². The summed E-state index contributed by atoms with van der Waals surface area (Å²) >= 11 is 0. The van der Waals surface area contributed by atoms with E-state index < -0.39 is 11.9 Å². The molecule has 5 nitrogen and oxygen atoms in total. The van der Waals surface area contributed by atoms with Crippen LogP contribution < -0.4 is 0 Å². The van der Waals surface area contributed by atoms with Crippen molar-refractivity contribution in [2.24, 2.45) is 0 Å². The van der Waals surface area contributed by atoms with Crippen molar-refractivity contribution in [3.63, 3.8) is 0 Å². The van der Waals surface area contributed by atoms with Crippen molar-refractivity contribution in [3.8, 4) is 0 Å². The number of unbranched alkanes of at least 4 members (excludes halogenated alkanes) is 3. The van der Waals surface area contributed by atoms with Gasteiger partial charge in [-0.15, -0.1) is 0 Å². The van der Waals surface area contributed by atoms with Gasteiger partial charge in [-0.1, -0.05) is 39.3 Å². The summed E-state index contributed by atoms with van der Waals surface area (Å²) < 4.78 is 15.8. The fraction of sp³-hybridized carbons (Fsp3) is 0.667. The topological polar surface area (TPSA) is 61.8 Å². The molecule has 0 amide bonds. The first-order chi connectivity index (χ1) is 10.9. The number of carbonyl (C=O) groups is 2. The van der Waals surface area contributed by atoms with Gasteiger partial charge in [0.2, 0.25) is 0 Å². The predicted octanol–water partition coefficient (Wildman–Crippen LogP) is 3.58. The molecule has 0 saturated carbocycles. The van der Waals surface area contributed by atoms with Gasteiger partial charge in [0.1, 0.15) is 12.7 Å². The van der Waals surface area contributed by atoms with E-state index >= 15 is 0 Å². The van der Waals surface area contributed by atoms with Crippen molar-refractivity contribution in [3.05, 3.63) is 24.3 Å². The quantitative estimate of drug-likeness (QED) is 0.294. The largest absolute Gasteiger partial charge is 0.460 e. The second-order valence-corrected chi connectivity index (χ2v) is 5.65. The molecule has 0 bridgehead atoms. The van der Waals surface area contributed by atoms with Crippen molar-refractivity contribution in [1.82, 2.24) is 0 Å². The minimum Gasteiger partial charge on any atom is -0.460 e. The number of hydrogen-bond acceptors (Lipinski definition) is 5. The number of hydrogen-bond donors (Lipinski definition) is 0. The summed E-state index contributed by atoms with van der Waals surface area (Å²) in [6.07, 6.45) is 4.86. The third-order valence-corrected chi connectivity index (χ3v) is 3.11. The molecule has 0 saturated heterocycles. The lowest BCUT2D eigenvalue weighted by atomic mass is 10.1. The van der Waals surface area contributed by atoms with E-state index in [4.69, 9.17) is 14.2 Å². The molecule has 1 atom stereocenters. The van der Waals surface area contributed by atoms with Gasteiger partial charge in [-0.25, -0.2) is 9.59 Å². The summed E-state index contributed by atoms with van der Waals surface area (Å²) in [4.78, 5) is 22.8. The summed E-state index contributed by atoms with van der Waals surface area (Å²) in [5.74, 6) is -0.832. The minimum absolute atomic E-state index is 0.155. The van der Waals surface area contributed by atoms with Crippen LogP contribution in [0.2, 0.25) is 0 Å². The molecule has 0 aromatic carbocycles. The average molecular weight is 326 g/mol. The van der Waals surface area contributed by atoms with Gasteiger partial charge in [0.15, 0.2) is 0 Å². The highest BCUT2D eigenvalue weighted by molar-refractivity contribution is 5.87. The van der Waals surface area contributed by atoms with Crippen LogP contribution in [0.1, 0.15) is 52.9 Å². The zero-order chi connectivity index (χ0) is 17.7. The van der Waals surface area contributed by atoms with E-state index in [1.54, 1.807) is 13.8 Å². The highest BCUT2D eigenvalue weighted by Crippen LogP contribution is 2.11. The molecule has 1 unspecified atom stereocenters. The normalized spacial score (nSPS) is 11.6. The molecule has 0 N–H and O–H groups in total. The summed E-state index contributed by atoms with van der Waals surface area (Å²) in [5.41, 5.74) is 0.730. The van der Waals surface area contributed by atoms with E-state index in [0.717, 1.165) is 25.7 Å². The smallest absolute Gasteiger partial charge is 0.333 e. The van der Waals surface area contributed by atoms with Crippen molar-refractivity contribution in [2.75, 3.05) is 19.8 Å². The first kappa shape index (κ1) is 21.4. The molecule has 0 heterocycles. The van der Waals surface area contributed by atoms with Crippen LogP contribution in [0.15, 0.2) is 24.3 Å². The first-order valence-corrected chi connectivity index (χ1v) is 8.15. The van der Waals surface area contributed by atoms with Crippen LogP contribution in [0.3, 0.4) is 0 Å².